The van der Waals surface area contributed by atoms with E-state index in [1.54, 1.807) is 13.0 Å². The number of hydrogen-bond acceptors (Lipinski definition) is 2. The third-order valence-electron chi connectivity index (χ3n) is 4.64. The van der Waals surface area contributed by atoms with Gasteiger partial charge < -0.3 is 5.73 Å². The van der Waals surface area contributed by atoms with Crippen LogP contribution in [0.3, 0.4) is 0 Å². The first-order valence-electron chi connectivity index (χ1n) is 8.35. The first kappa shape index (κ1) is 18.2. The number of hydrogen-bond donors (Lipinski definition) is 1. The molecule has 0 unspecified atom stereocenters. The van der Waals surface area contributed by atoms with Gasteiger partial charge in [-0.15, -0.1) is 0 Å². The van der Waals surface area contributed by atoms with E-state index in [0.717, 1.165) is 0 Å². The minimum Gasteiger partial charge on any atom is -0.402 e. The lowest BCUT2D eigenvalue weighted by atomic mass is 10.2. The van der Waals surface area contributed by atoms with Crippen LogP contribution in [0.1, 0.15) is 27.7 Å². The molecule has 0 radical (unpaired) electrons. The molecule has 0 bridgehead atoms. The van der Waals surface area contributed by atoms with E-state index >= 15 is 0 Å². The predicted octanol–water partition coefficient (Wildman–Crippen LogP) is 3.48. The van der Waals surface area contributed by atoms with Crippen LogP contribution in [-0.2, 0) is 4.79 Å². The zero-order valence-electron chi connectivity index (χ0n) is 15.0. The van der Waals surface area contributed by atoms with Crippen molar-refractivity contribution in [2.24, 2.45) is 5.73 Å². The van der Waals surface area contributed by atoms with E-state index in [-0.39, 0.29) is 10.8 Å². The average Bonchev–Trinajstić information content (AvgIpc) is 2.52. The molecule has 0 heterocycles. The molecule has 0 aliphatic rings. The minimum atomic E-state index is -2.33. The van der Waals surface area contributed by atoms with Crippen molar-refractivity contribution in [2.45, 2.75) is 38.8 Å². The molecule has 2 aromatic rings. The van der Waals surface area contributed by atoms with Crippen LogP contribution in [0.5, 0.6) is 0 Å². The van der Waals surface area contributed by atoms with E-state index in [1.807, 2.05) is 12.1 Å². The van der Waals surface area contributed by atoms with Gasteiger partial charge >= 0.3 is 0 Å². The summed E-state index contributed by atoms with van der Waals surface area (Å²) >= 11 is 0. The van der Waals surface area contributed by atoms with E-state index in [9.17, 15) is 4.79 Å². The van der Waals surface area contributed by atoms with Crippen molar-refractivity contribution in [2.75, 3.05) is 0 Å². The van der Waals surface area contributed by atoms with Crippen LogP contribution >= 0.6 is 0 Å². The Balaban J connectivity index is 2.71. The highest BCUT2D eigenvalue weighted by molar-refractivity contribution is 7.05. The molecule has 0 saturated heterocycles. The molecule has 3 heteroatoms. The first-order valence-corrected chi connectivity index (χ1v) is 10.6. The first-order chi connectivity index (χ1) is 11.3. The minimum absolute atomic E-state index is 0.0122. The van der Waals surface area contributed by atoms with Crippen molar-refractivity contribution in [3.05, 3.63) is 72.4 Å². The molecule has 0 atom stereocenters. The van der Waals surface area contributed by atoms with Crippen LogP contribution in [0.4, 0.5) is 0 Å². The number of carbonyl (C=O) groups is 1. The quantitative estimate of drug-likeness (QED) is 0.670. The van der Waals surface area contributed by atoms with Crippen LogP contribution in [0.2, 0.25) is 11.1 Å². The van der Waals surface area contributed by atoms with E-state index in [0.29, 0.717) is 11.7 Å². The van der Waals surface area contributed by atoms with Gasteiger partial charge in [0.2, 0.25) is 0 Å². The van der Waals surface area contributed by atoms with E-state index in [4.69, 9.17) is 5.73 Å². The Hall–Kier alpha value is -2.13. The van der Waals surface area contributed by atoms with Gasteiger partial charge in [0.1, 0.15) is 8.07 Å². The molecule has 2 aromatic carbocycles. The van der Waals surface area contributed by atoms with Crippen molar-refractivity contribution >= 4 is 24.2 Å². The lowest BCUT2D eigenvalue weighted by Crippen LogP contribution is -2.65. The summed E-state index contributed by atoms with van der Waals surface area (Å²) in [6.45, 7) is 8.53. The van der Waals surface area contributed by atoms with Crippen LogP contribution in [0, 0.1) is 0 Å². The summed E-state index contributed by atoms with van der Waals surface area (Å²) in [6, 6.07) is 21.6. The van der Waals surface area contributed by atoms with Gasteiger partial charge in [0, 0.05) is 11.7 Å². The number of benzene rings is 2. The molecule has 0 aliphatic heterocycles. The Labute approximate surface area is 146 Å². The summed E-state index contributed by atoms with van der Waals surface area (Å²) in [5.41, 5.74) is 6.32. The van der Waals surface area contributed by atoms with Gasteiger partial charge in [-0.25, -0.2) is 0 Å². The van der Waals surface area contributed by atoms with Gasteiger partial charge in [-0.05, 0) is 18.0 Å². The zero-order valence-corrected chi connectivity index (χ0v) is 16.0. The molecular formula is C21H27NOSi. The maximum absolute atomic E-state index is 12.7. The monoisotopic (exact) mass is 337 g/mol. The molecule has 126 valence electrons. The number of allylic oxidation sites excluding steroid dienone is 2. The number of carbonyl (C=O) groups excluding carboxylic acids is 1. The highest BCUT2D eigenvalue weighted by Gasteiger charge is 2.48. The molecule has 2 N–H and O–H groups in total. The molecule has 0 fully saturated rings. The Morgan fingerprint density at radius 3 is 1.71 bits per heavy atom. The second-order valence-electron chi connectivity index (χ2n) is 7.42. The van der Waals surface area contributed by atoms with Crippen LogP contribution < -0.4 is 16.1 Å². The predicted molar refractivity (Wildman–Crippen MR) is 105 cm³/mol. The number of ketones is 1. The SMILES string of the molecule is C/C(N)=C/C(=O)C[Si](c1ccccc1)(c1ccccc1)C(C)(C)C. The fraction of sp³-hybridized carbons (Fsp3) is 0.286. The van der Waals surface area contributed by atoms with E-state index in [2.05, 4.69) is 69.3 Å². The lowest BCUT2D eigenvalue weighted by Gasteiger charge is -2.43. The largest absolute Gasteiger partial charge is 0.402 e. The molecule has 0 spiro atoms. The van der Waals surface area contributed by atoms with Gasteiger partial charge in [-0.3, -0.25) is 4.79 Å². The maximum atomic E-state index is 12.7. The normalized spacial score (nSPS) is 12.9. The Morgan fingerprint density at radius 2 is 1.38 bits per heavy atom. The van der Waals surface area contributed by atoms with Crippen molar-refractivity contribution in [1.82, 2.24) is 0 Å². The molecular weight excluding hydrogens is 310 g/mol. The molecule has 2 rings (SSSR count). The maximum Gasteiger partial charge on any atom is 0.155 e. The topological polar surface area (TPSA) is 43.1 Å². The van der Waals surface area contributed by atoms with Crippen molar-refractivity contribution in [3.8, 4) is 0 Å². The summed E-state index contributed by atoms with van der Waals surface area (Å²) < 4.78 is 0. The molecule has 0 aliphatic carbocycles. The zero-order chi connectivity index (χ0) is 17.8. The highest BCUT2D eigenvalue weighted by atomic mass is 28.3. The Kier molecular flexibility index (Phi) is 5.45. The van der Waals surface area contributed by atoms with Crippen molar-refractivity contribution in [1.29, 1.82) is 0 Å². The second-order valence-corrected chi connectivity index (χ2v) is 12.2. The Morgan fingerprint density at radius 1 is 0.958 bits per heavy atom. The molecule has 2 nitrogen and oxygen atoms in total. The molecule has 0 aromatic heterocycles. The summed E-state index contributed by atoms with van der Waals surface area (Å²) in [6.07, 6.45) is 1.58. The standard InChI is InChI=1S/C21H27NOSi/c1-17(22)15-18(23)16-24(21(2,3)4,19-11-7-5-8-12-19)20-13-9-6-10-14-20/h5-15H,16,22H2,1-4H3/b17-15-. The van der Waals surface area contributed by atoms with E-state index < -0.39 is 8.07 Å². The summed E-state index contributed by atoms with van der Waals surface area (Å²) in [5, 5.41) is 2.57. The molecule has 24 heavy (non-hydrogen) atoms. The fourth-order valence-electron chi connectivity index (χ4n) is 3.51. The van der Waals surface area contributed by atoms with Crippen LogP contribution in [0.15, 0.2) is 72.4 Å². The van der Waals surface area contributed by atoms with Gasteiger partial charge in [-0.2, -0.15) is 0 Å². The fourth-order valence-corrected chi connectivity index (χ4v) is 8.67. The van der Waals surface area contributed by atoms with Gasteiger partial charge in [0.15, 0.2) is 5.78 Å². The van der Waals surface area contributed by atoms with Crippen molar-refractivity contribution < 1.29 is 4.79 Å². The van der Waals surface area contributed by atoms with Crippen molar-refractivity contribution in [3.63, 3.8) is 0 Å². The van der Waals surface area contributed by atoms with Gasteiger partial charge in [0.25, 0.3) is 0 Å². The average molecular weight is 338 g/mol. The second kappa shape index (κ2) is 7.18. The van der Waals surface area contributed by atoms with E-state index in [1.165, 1.54) is 10.4 Å². The van der Waals surface area contributed by atoms with Crippen LogP contribution in [-0.4, -0.2) is 13.9 Å². The number of nitrogens with two attached hydrogens (primary N) is 1. The smallest absolute Gasteiger partial charge is 0.155 e. The Bertz CT molecular complexity index is 671. The summed E-state index contributed by atoms with van der Waals surface area (Å²) in [5.74, 6) is 0.115. The molecule has 0 amide bonds. The third kappa shape index (κ3) is 3.67. The summed E-state index contributed by atoms with van der Waals surface area (Å²) in [4.78, 5) is 12.7. The molecule has 0 saturated carbocycles. The third-order valence-corrected chi connectivity index (χ3v) is 10.7. The van der Waals surface area contributed by atoms with Crippen LogP contribution in [0.25, 0.3) is 0 Å². The van der Waals surface area contributed by atoms with Gasteiger partial charge in [-0.1, -0.05) is 91.8 Å². The summed E-state index contributed by atoms with van der Waals surface area (Å²) in [7, 11) is -2.33. The van der Waals surface area contributed by atoms with Gasteiger partial charge in [0.05, 0.1) is 0 Å². The lowest BCUT2D eigenvalue weighted by molar-refractivity contribution is -0.112. The number of rotatable bonds is 5. The highest BCUT2D eigenvalue weighted by Crippen LogP contribution is 2.38.